The Hall–Kier alpha value is -3.32. The van der Waals surface area contributed by atoms with Gasteiger partial charge in [0.15, 0.2) is 0 Å². The maximum Gasteiger partial charge on any atom is 0.349 e. The smallest absolute Gasteiger partial charge is 0.349 e. The third-order valence-electron chi connectivity index (χ3n) is 3.13. The summed E-state index contributed by atoms with van der Waals surface area (Å²) in [6, 6.07) is 6.28. The first-order valence-corrected chi connectivity index (χ1v) is 9.34. The van der Waals surface area contributed by atoms with Crippen molar-refractivity contribution in [2.24, 2.45) is 10.8 Å². The van der Waals surface area contributed by atoms with E-state index in [4.69, 9.17) is 11.1 Å². The van der Waals surface area contributed by atoms with E-state index in [9.17, 15) is 23.3 Å². The third-order valence-corrected chi connectivity index (χ3v) is 5.79. The van der Waals surface area contributed by atoms with Crippen LogP contribution < -0.4 is 5.73 Å². The maximum atomic E-state index is 12.7. The van der Waals surface area contributed by atoms with Crippen LogP contribution in [-0.4, -0.2) is 43.0 Å². The molecule has 1 aromatic heterocycles. The molecule has 0 unspecified atom stereocenters. The molecule has 13 heteroatoms. The fourth-order valence-corrected chi connectivity index (χ4v) is 4.31. The van der Waals surface area contributed by atoms with Gasteiger partial charge in [-0.25, -0.2) is 4.79 Å². The lowest BCUT2D eigenvalue weighted by molar-refractivity contribution is -0.384. The second kappa shape index (κ2) is 7.92. The predicted octanol–water partition coefficient (Wildman–Crippen LogP) is 1.36. The molecule has 0 radical (unpaired) electrons. The largest absolute Gasteiger partial charge is 0.465 e. The molecule has 0 aliphatic carbocycles. The molecule has 0 saturated carbocycles. The number of nitrogens with two attached hydrogens (primary N) is 1. The number of hydrogen-bond acceptors (Lipinski definition) is 9. The van der Waals surface area contributed by atoms with E-state index in [1.54, 1.807) is 0 Å². The number of ether oxygens (including phenoxy) is 1. The third kappa shape index (κ3) is 4.27. The summed E-state index contributed by atoms with van der Waals surface area (Å²) in [4.78, 5) is 21.2. The van der Waals surface area contributed by atoms with Gasteiger partial charge in [0.1, 0.15) is 9.77 Å². The van der Waals surface area contributed by atoms with Gasteiger partial charge in [0.05, 0.1) is 18.2 Å². The number of nitro benzene ring substituents is 1. The van der Waals surface area contributed by atoms with Crippen molar-refractivity contribution in [1.29, 1.82) is 5.41 Å². The van der Waals surface area contributed by atoms with Crippen LogP contribution in [0.2, 0.25) is 0 Å². The molecule has 0 bridgehead atoms. The van der Waals surface area contributed by atoms with E-state index in [2.05, 4.69) is 9.84 Å². The van der Waals surface area contributed by atoms with Crippen molar-refractivity contribution < 1.29 is 22.9 Å². The minimum Gasteiger partial charge on any atom is -0.465 e. The van der Waals surface area contributed by atoms with E-state index in [1.807, 2.05) is 0 Å². The normalized spacial score (nSPS) is 11.3. The summed E-state index contributed by atoms with van der Waals surface area (Å²) in [6.07, 6.45) is 1.06. The zero-order chi connectivity index (χ0) is 20.2. The zero-order valence-electron chi connectivity index (χ0n) is 13.7. The van der Waals surface area contributed by atoms with Crippen LogP contribution >= 0.6 is 11.3 Å². The van der Waals surface area contributed by atoms with Gasteiger partial charge >= 0.3 is 5.97 Å². The molecule has 1 heterocycles. The highest BCUT2D eigenvalue weighted by Crippen LogP contribution is 2.26. The summed E-state index contributed by atoms with van der Waals surface area (Å²) in [5.41, 5.74) is 5.51. The number of carbonyl (C=O) groups is 1. The van der Waals surface area contributed by atoms with Crippen LogP contribution in [0.1, 0.15) is 15.2 Å². The highest BCUT2D eigenvalue weighted by molar-refractivity contribution is 7.89. The second-order valence-corrected chi connectivity index (χ2v) is 7.48. The molecule has 142 valence electrons. The number of guanidine groups is 1. The molecule has 0 amide bonds. The van der Waals surface area contributed by atoms with Gasteiger partial charge in [-0.2, -0.15) is 13.5 Å². The number of rotatable bonds is 6. The Morgan fingerprint density at radius 1 is 1.37 bits per heavy atom. The van der Waals surface area contributed by atoms with E-state index in [1.165, 1.54) is 35.7 Å². The van der Waals surface area contributed by atoms with Crippen LogP contribution in [-0.2, 0) is 14.8 Å². The Labute approximate surface area is 157 Å². The molecule has 0 aliphatic rings. The number of hydrazone groups is 1. The predicted molar refractivity (Wildman–Crippen MR) is 97.3 cm³/mol. The molecule has 11 nitrogen and oxygen atoms in total. The first-order chi connectivity index (χ1) is 12.7. The molecule has 3 N–H and O–H groups in total. The lowest BCUT2D eigenvalue weighted by Crippen LogP contribution is -2.37. The number of nitrogens with zero attached hydrogens (tertiary/aromatic N) is 3. The first-order valence-electron chi connectivity index (χ1n) is 7.02. The molecule has 27 heavy (non-hydrogen) atoms. The summed E-state index contributed by atoms with van der Waals surface area (Å²) in [5.74, 6) is -1.76. The molecule has 2 rings (SSSR count). The number of hydrogen-bond donors (Lipinski definition) is 2. The quantitative estimate of drug-likeness (QED) is 0.238. The number of non-ortho nitro benzene ring substituents is 1. The van der Waals surface area contributed by atoms with E-state index < -0.39 is 31.8 Å². The van der Waals surface area contributed by atoms with Crippen molar-refractivity contribution in [3.8, 4) is 0 Å². The van der Waals surface area contributed by atoms with Crippen LogP contribution in [0.5, 0.6) is 0 Å². The Morgan fingerprint density at radius 3 is 2.52 bits per heavy atom. The number of nitrogens with one attached hydrogen (secondary N) is 1. The number of benzene rings is 1. The van der Waals surface area contributed by atoms with Crippen molar-refractivity contribution in [2.75, 3.05) is 7.11 Å². The van der Waals surface area contributed by atoms with E-state index in [0.29, 0.717) is 5.56 Å². The Kier molecular flexibility index (Phi) is 5.87. The zero-order valence-corrected chi connectivity index (χ0v) is 15.4. The Balaban J connectivity index is 2.39. The van der Waals surface area contributed by atoms with Crippen molar-refractivity contribution >= 4 is 45.2 Å². The number of thiophene rings is 1. The number of methoxy groups -OCH3 is 1. The van der Waals surface area contributed by atoms with Gasteiger partial charge in [-0.3, -0.25) is 15.5 Å². The van der Waals surface area contributed by atoms with Crippen LogP contribution in [0.3, 0.4) is 0 Å². The van der Waals surface area contributed by atoms with E-state index in [-0.39, 0.29) is 15.0 Å². The molecular formula is C14H13N5O6S2. The van der Waals surface area contributed by atoms with Crippen molar-refractivity contribution in [3.05, 3.63) is 56.3 Å². The molecule has 0 spiro atoms. The van der Waals surface area contributed by atoms with Gasteiger partial charge < -0.3 is 10.5 Å². The minimum atomic E-state index is -4.45. The molecule has 0 aliphatic heterocycles. The number of sulfonamides is 1. The molecular weight excluding hydrogens is 398 g/mol. The average molecular weight is 411 g/mol. The molecule has 0 atom stereocenters. The maximum absolute atomic E-state index is 12.7. The summed E-state index contributed by atoms with van der Waals surface area (Å²) in [7, 11) is -3.34. The molecule has 2 aromatic rings. The summed E-state index contributed by atoms with van der Waals surface area (Å²) >= 11 is 0.850. The molecule has 0 saturated heterocycles. The number of esters is 1. The van der Waals surface area contributed by atoms with Crippen molar-refractivity contribution in [2.45, 2.75) is 4.90 Å². The van der Waals surface area contributed by atoms with Gasteiger partial charge in [-0.1, -0.05) is 0 Å². The van der Waals surface area contributed by atoms with Crippen LogP contribution in [0, 0.1) is 15.5 Å². The monoisotopic (exact) mass is 411 g/mol. The Bertz CT molecular complexity index is 1010. The SMILES string of the molecule is COC(=O)c1sccc1S(=O)(=O)N(/N=C/c1ccc([N+](=O)[O-])cc1)C(=N)N. The highest BCUT2D eigenvalue weighted by Gasteiger charge is 2.31. The van der Waals surface area contributed by atoms with Gasteiger partial charge in [0.25, 0.3) is 15.7 Å². The standard InChI is InChI=1S/C14H13N5O6S2/c1-25-13(20)12-11(6-7-26-12)27(23,24)18(14(15)16)17-8-9-2-4-10(5-3-9)19(21)22/h2-8H,1H3,(H3,15,16)/b17-8+. The lowest BCUT2D eigenvalue weighted by Gasteiger charge is -2.16. The summed E-state index contributed by atoms with van der Waals surface area (Å²) in [5, 5.41) is 23.2. The highest BCUT2D eigenvalue weighted by atomic mass is 32.2. The number of carbonyl (C=O) groups excluding carboxylic acids is 1. The van der Waals surface area contributed by atoms with Gasteiger partial charge in [-0.15, -0.1) is 15.8 Å². The van der Waals surface area contributed by atoms with Crippen molar-refractivity contribution in [1.82, 2.24) is 4.41 Å². The van der Waals surface area contributed by atoms with E-state index in [0.717, 1.165) is 24.7 Å². The topological polar surface area (TPSA) is 169 Å². The fraction of sp³-hybridized carbons (Fsp3) is 0.0714. The van der Waals surface area contributed by atoms with E-state index >= 15 is 0 Å². The first kappa shape index (κ1) is 20.0. The summed E-state index contributed by atoms with van der Waals surface area (Å²) in [6.45, 7) is 0. The van der Waals surface area contributed by atoms with Gasteiger partial charge in [0, 0.05) is 12.1 Å². The minimum absolute atomic E-state index is 0.149. The van der Waals surface area contributed by atoms with Gasteiger partial charge in [-0.05, 0) is 29.1 Å². The Morgan fingerprint density at radius 2 is 2.00 bits per heavy atom. The molecule has 1 aromatic carbocycles. The average Bonchev–Trinajstić information content (AvgIpc) is 3.11. The fourth-order valence-electron chi connectivity index (χ4n) is 1.89. The van der Waals surface area contributed by atoms with Crippen molar-refractivity contribution in [3.63, 3.8) is 0 Å². The second-order valence-electron chi connectivity index (χ2n) is 4.83. The summed E-state index contributed by atoms with van der Waals surface area (Å²) < 4.78 is 30.3. The van der Waals surface area contributed by atoms with Gasteiger partial charge in [0.2, 0.25) is 5.96 Å². The number of nitro groups is 1. The lowest BCUT2D eigenvalue weighted by atomic mass is 10.2. The van der Waals surface area contributed by atoms with Crippen LogP contribution in [0.4, 0.5) is 5.69 Å². The van der Waals surface area contributed by atoms with Crippen LogP contribution in [0.25, 0.3) is 0 Å². The molecule has 0 fully saturated rings. The van der Waals surface area contributed by atoms with Crippen LogP contribution in [0.15, 0.2) is 45.7 Å².